The third-order valence-corrected chi connectivity index (χ3v) is 4.32. The molecule has 0 amide bonds. The normalized spacial score (nSPS) is 20.9. The van der Waals surface area contributed by atoms with E-state index in [1.807, 2.05) is 0 Å². The van der Waals surface area contributed by atoms with Crippen molar-refractivity contribution in [2.24, 2.45) is 0 Å². The average Bonchev–Trinajstić information content (AvgIpc) is 2.49. The van der Waals surface area contributed by atoms with Crippen LogP contribution in [0.15, 0.2) is 11.1 Å². The van der Waals surface area contributed by atoms with E-state index >= 15 is 0 Å². The number of hydrogen-bond donors (Lipinski definition) is 1. The summed E-state index contributed by atoms with van der Waals surface area (Å²) in [7, 11) is 2.16. The summed E-state index contributed by atoms with van der Waals surface area (Å²) >= 11 is 0. The average molecular weight is 277 g/mol. The lowest BCUT2D eigenvalue weighted by atomic mass is 10.1. The molecule has 1 aromatic heterocycles. The third-order valence-electron chi connectivity index (χ3n) is 4.32. The molecular formula is C14H23N5O. The highest BCUT2D eigenvalue weighted by molar-refractivity contribution is 5.19. The number of hydrogen-bond acceptors (Lipinski definition) is 5. The molecule has 0 aliphatic carbocycles. The maximum atomic E-state index is 12.4. The number of aromatic nitrogens is 2. The van der Waals surface area contributed by atoms with Gasteiger partial charge in [0.2, 0.25) is 0 Å². The van der Waals surface area contributed by atoms with Crippen LogP contribution in [0, 0.1) is 0 Å². The number of rotatable bonds is 3. The zero-order valence-corrected chi connectivity index (χ0v) is 12.1. The molecule has 1 N–H and O–H groups in total. The van der Waals surface area contributed by atoms with Gasteiger partial charge in [-0.15, -0.1) is 0 Å². The summed E-state index contributed by atoms with van der Waals surface area (Å²) in [6, 6.07) is 0. The van der Waals surface area contributed by atoms with E-state index in [1.165, 1.54) is 0 Å². The number of nitrogens with one attached hydrogen (secondary N) is 1. The number of piperazine rings is 1. The fourth-order valence-electron chi connectivity index (χ4n) is 2.87. The molecule has 6 heteroatoms. The molecule has 3 rings (SSSR count). The van der Waals surface area contributed by atoms with Gasteiger partial charge in [-0.2, -0.15) is 0 Å². The molecule has 0 unspecified atom stereocenters. The van der Waals surface area contributed by atoms with Crippen LogP contribution >= 0.6 is 0 Å². The van der Waals surface area contributed by atoms with Crippen molar-refractivity contribution in [1.29, 1.82) is 0 Å². The topological polar surface area (TPSA) is 53.4 Å². The highest BCUT2D eigenvalue weighted by atomic mass is 16.1. The first kappa shape index (κ1) is 13.7. The van der Waals surface area contributed by atoms with Crippen molar-refractivity contribution in [3.05, 3.63) is 27.9 Å². The van der Waals surface area contributed by atoms with Crippen LogP contribution in [0.5, 0.6) is 0 Å². The van der Waals surface area contributed by atoms with Crippen molar-refractivity contribution < 1.29 is 0 Å². The molecule has 110 valence electrons. The molecule has 6 nitrogen and oxygen atoms in total. The Morgan fingerprint density at radius 1 is 1.25 bits per heavy atom. The molecule has 2 aliphatic heterocycles. The van der Waals surface area contributed by atoms with Crippen LogP contribution in [0.4, 0.5) is 0 Å². The summed E-state index contributed by atoms with van der Waals surface area (Å²) < 4.78 is 1.78. The zero-order chi connectivity index (χ0) is 13.9. The van der Waals surface area contributed by atoms with Gasteiger partial charge in [0.25, 0.3) is 5.56 Å². The van der Waals surface area contributed by atoms with Gasteiger partial charge in [0.1, 0.15) is 0 Å². The van der Waals surface area contributed by atoms with Crippen LogP contribution in [-0.2, 0) is 19.5 Å². The fraction of sp³-hybridized carbons (Fsp3) is 0.714. The van der Waals surface area contributed by atoms with Crippen molar-refractivity contribution in [3.63, 3.8) is 0 Å². The van der Waals surface area contributed by atoms with Crippen LogP contribution in [0.1, 0.15) is 11.3 Å². The van der Waals surface area contributed by atoms with E-state index in [1.54, 1.807) is 10.9 Å². The summed E-state index contributed by atoms with van der Waals surface area (Å²) in [6.45, 7) is 7.70. The van der Waals surface area contributed by atoms with Crippen LogP contribution in [0.3, 0.4) is 0 Å². The van der Waals surface area contributed by atoms with E-state index in [0.717, 1.165) is 70.0 Å². The lowest BCUT2D eigenvalue weighted by Crippen LogP contribution is -2.46. The Balaban J connectivity index is 1.64. The molecule has 0 atom stereocenters. The Labute approximate surface area is 119 Å². The SMILES string of the molecule is CN1CCN(CCn2cnc3c(c2=O)CCNC3)CC1. The predicted molar refractivity (Wildman–Crippen MR) is 77.8 cm³/mol. The van der Waals surface area contributed by atoms with E-state index in [0.29, 0.717) is 0 Å². The Morgan fingerprint density at radius 2 is 2.05 bits per heavy atom. The third kappa shape index (κ3) is 2.92. The molecule has 2 aliphatic rings. The minimum absolute atomic E-state index is 0.158. The van der Waals surface area contributed by atoms with Gasteiger partial charge in [0.05, 0.1) is 12.0 Å². The van der Waals surface area contributed by atoms with Crippen molar-refractivity contribution in [3.8, 4) is 0 Å². The standard InChI is InChI=1S/C14H23N5O/c1-17-4-6-18(7-5-17)8-9-19-11-16-13-10-15-3-2-12(13)14(19)20/h11,15H,2-10H2,1H3. The van der Waals surface area contributed by atoms with Crippen LogP contribution in [-0.4, -0.2) is 65.7 Å². The van der Waals surface area contributed by atoms with Gasteiger partial charge in [-0.1, -0.05) is 0 Å². The molecule has 1 fully saturated rings. The second-order valence-corrected chi connectivity index (χ2v) is 5.74. The van der Waals surface area contributed by atoms with E-state index in [9.17, 15) is 4.79 Å². The molecule has 0 spiro atoms. The molecule has 1 saturated heterocycles. The number of likely N-dealkylation sites (N-methyl/N-ethyl adjacent to an activating group) is 1. The van der Waals surface area contributed by atoms with E-state index in [2.05, 4.69) is 27.1 Å². The Morgan fingerprint density at radius 3 is 2.85 bits per heavy atom. The van der Waals surface area contributed by atoms with E-state index < -0.39 is 0 Å². The zero-order valence-electron chi connectivity index (χ0n) is 12.1. The van der Waals surface area contributed by atoms with Gasteiger partial charge in [0, 0.05) is 51.4 Å². The van der Waals surface area contributed by atoms with Crippen LogP contribution in [0.25, 0.3) is 0 Å². The molecule has 0 bridgehead atoms. The Hall–Kier alpha value is -1.24. The van der Waals surface area contributed by atoms with Gasteiger partial charge in [0.15, 0.2) is 0 Å². The van der Waals surface area contributed by atoms with Gasteiger partial charge in [-0.05, 0) is 20.0 Å². The second-order valence-electron chi connectivity index (χ2n) is 5.74. The lowest BCUT2D eigenvalue weighted by molar-refractivity contribution is 0.149. The summed E-state index contributed by atoms with van der Waals surface area (Å²) in [5.74, 6) is 0. The van der Waals surface area contributed by atoms with Gasteiger partial charge in [-0.3, -0.25) is 14.3 Å². The molecule has 1 aromatic rings. The quantitative estimate of drug-likeness (QED) is 0.779. The smallest absolute Gasteiger partial charge is 0.256 e. The van der Waals surface area contributed by atoms with E-state index in [-0.39, 0.29) is 5.56 Å². The molecular weight excluding hydrogens is 254 g/mol. The lowest BCUT2D eigenvalue weighted by Gasteiger charge is -2.32. The van der Waals surface area contributed by atoms with Gasteiger partial charge >= 0.3 is 0 Å². The molecule has 0 radical (unpaired) electrons. The molecule has 0 saturated carbocycles. The maximum Gasteiger partial charge on any atom is 0.256 e. The Kier molecular flexibility index (Phi) is 4.14. The van der Waals surface area contributed by atoms with Crippen LogP contribution in [0.2, 0.25) is 0 Å². The van der Waals surface area contributed by atoms with Crippen molar-refractivity contribution in [1.82, 2.24) is 24.7 Å². The first-order valence-electron chi connectivity index (χ1n) is 7.43. The Bertz CT molecular complexity index is 519. The highest BCUT2D eigenvalue weighted by Crippen LogP contribution is 2.05. The molecule has 3 heterocycles. The number of nitrogens with zero attached hydrogens (tertiary/aromatic N) is 4. The van der Waals surface area contributed by atoms with Gasteiger partial charge in [-0.25, -0.2) is 4.98 Å². The maximum absolute atomic E-state index is 12.4. The largest absolute Gasteiger partial charge is 0.311 e. The summed E-state index contributed by atoms with van der Waals surface area (Å²) in [5, 5.41) is 3.25. The monoisotopic (exact) mass is 277 g/mol. The fourth-order valence-corrected chi connectivity index (χ4v) is 2.87. The highest BCUT2D eigenvalue weighted by Gasteiger charge is 2.17. The first-order valence-corrected chi connectivity index (χ1v) is 7.43. The van der Waals surface area contributed by atoms with E-state index in [4.69, 9.17) is 0 Å². The number of fused-ring (bicyclic) bond motifs is 1. The predicted octanol–water partition coefficient (Wildman–Crippen LogP) is -0.864. The minimum Gasteiger partial charge on any atom is -0.311 e. The van der Waals surface area contributed by atoms with Crippen molar-refractivity contribution >= 4 is 0 Å². The second kappa shape index (κ2) is 6.03. The van der Waals surface area contributed by atoms with Crippen molar-refractivity contribution in [2.75, 3.05) is 46.3 Å². The molecule has 0 aromatic carbocycles. The summed E-state index contributed by atoms with van der Waals surface area (Å²) in [6.07, 6.45) is 2.51. The minimum atomic E-state index is 0.158. The van der Waals surface area contributed by atoms with Crippen molar-refractivity contribution in [2.45, 2.75) is 19.5 Å². The first-order chi connectivity index (χ1) is 9.74. The summed E-state index contributed by atoms with van der Waals surface area (Å²) in [4.78, 5) is 21.6. The molecule has 20 heavy (non-hydrogen) atoms. The van der Waals surface area contributed by atoms with Gasteiger partial charge < -0.3 is 10.2 Å². The summed E-state index contributed by atoms with van der Waals surface area (Å²) in [5.41, 5.74) is 1.99. The van der Waals surface area contributed by atoms with Crippen LogP contribution < -0.4 is 10.9 Å².